The topological polar surface area (TPSA) is 75.6 Å². The van der Waals surface area contributed by atoms with E-state index in [0.29, 0.717) is 16.7 Å². The molecule has 0 aliphatic carbocycles. The zero-order valence-electron chi connectivity index (χ0n) is 15.0. The third-order valence-electron chi connectivity index (χ3n) is 3.59. The lowest BCUT2D eigenvalue weighted by atomic mass is 9.95. The molecule has 1 amide bonds. The van der Waals surface area contributed by atoms with Crippen LogP contribution in [0, 0.1) is 5.82 Å². The molecule has 0 heterocycles. The number of hydrogen-bond acceptors (Lipinski definition) is 3. The van der Waals surface area contributed by atoms with Gasteiger partial charge in [-0.3, -0.25) is 0 Å². The Hall–Kier alpha value is -2.89. The van der Waals surface area contributed by atoms with Gasteiger partial charge in [0.15, 0.2) is 0 Å². The van der Waals surface area contributed by atoms with Gasteiger partial charge in [-0.2, -0.15) is 0 Å². The van der Waals surface area contributed by atoms with Crippen LogP contribution in [0.1, 0.15) is 26.3 Å². The predicted octanol–water partition coefficient (Wildman–Crippen LogP) is 4.01. The van der Waals surface area contributed by atoms with Gasteiger partial charge in [0.2, 0.25) is 0 Å². The molecule has 2 aromatic rings. The highest BCUT2D eigenvalue weighted by molar-refractivity contribution is 5.81. The fourth-order valence-electron chi connectivity index (χ4n) is 2.51. The number of halogens is 1. The summed E-state index contributed by atoms with van der Waals surface area (Å²) in [5, 5.41) is 11.8. The number of carboxylic acids is 1. The van der Waals surface area contributed by atoms with Crippen LogP contribution in [-0.4, -0.2) is 28.8 Å². The lowest BCUT2D eigenvalue weighted by Crippen LogP contribution is -2.44. The molecule has 6 heteroatoms. The highest BCUT2D eigenvalue weighted by Gasteiger charge is 2.25. The van der Waals surface area contributed by atoms with E-state index < -0.39 is 29.5 Å². The second kappa shape index (κ2) is 7.99. The van der Waals surface area contributed by atoms with E-state index in [-0.39, 0.29) is 6.42 Å². The van der Waals surface area contributed by atoms with Crippen LogP contribution in [0.4, 0.5) is 9.18 Å². The van der Waals surface area contributed by atoms with Gasteiger partial charge in [-0.25, -0.2) is 14.0 Å². The second-order valence-corrected chi connectivity index (χ2v) is 6.88. The van der Waals surface area contributed by atoms with Crippen molar-refractivity contribution < 1.29 is 23.8 Å². The summed E-state index contributed by atoms with van der Waals surface area (Å²) in [6, 6.07) is 12.0. The molecule has 0 saturated heterocycles. The molecule has 0 fully saturated rings. The highest BCUT2D eigenvalue weighted by atomic mass is 19.1. The number of alkyl carbamates (subject to hydrolysis) is 1. The van der Waals surface area contributed by atoms with Gasteiger partial charge in [0.25, 0.3) is 0 Å². The second-order valence-electron chi connectivity index (χ2n) is 6.88. The van der Waals surface area contributed by atoms with Gasteiger partial charge in [0, 0.05) is 12.0 Å². The van der Waals surface area contributed by atoms with Gasteiger partial charge >= 0.3 is 12.1 Å². The van der Waals surface area contributed by atoms with Crippen LogP contribution in [0.5, 0.6) is 0 Å². The minimum Gasteiger partial charge on any atom is -0.480 e. The summed E-state index contributed by atoms with van der Waals surface area (Å²) in [5.74, 6) is -1.59. The number of ether oxygens (including phenoxy) is 1. The minimum absolute atomic E-state index is 0.000909. The number of benzene rings is 2. The molecule has 0 aliphatic rings. The maximum atomic E-state index is 14.1. The molecule has 1 atom stereocenters. The Morgan fingerprint density at radius 2 is 1.65 bits per heavy atom. The Morgan fingerprint density at radius 3 is 2.23 bits per heavy atom. The molecule has 0 bridgehead atoms. The van der Waals surface area contributed by atoms with Crippen molar-refractivity contribution >= 4 is 12.1 Å². The molecule has 138 valence electrons. The Labute approximate surface area is 151 Å². The van der Waals surface area contributed by atoms with E-state index >= 15 is 0 Å². The summed E-state index contributed by atoms with van der Waals surface area (Å²) in [6.45, 7) is 5.07. The first-order valence-electron chi connectivity index (χ1n) is 8.22. The number of rotatable bonds is 5. The fourth-order valence-corrected chi connectivity index (χ4v) is 2.51. The van der Waals surface area contributed by atoms with Gasteiger partial charge in [0.1, 0.15) is 17.5 Å². The first-order valence-corrected chi connectivity index (χ1v) is 8.22. The van der Waals surface area contributed by atoms with Crippen LogP contribution < -0.4 is 5.32 Å². The summed E-state index contributed by atoms with van der Waals surface area (Å²) in [4.78, 5) is 23.5. The minimum atomic E-state index is -1.20. The van der Waals surface area contributed by atoms with E-state index in [1.54, 1.807) is 63.2 Å². The summed E-state index contributed by atoms with van der Waals surface area (Å²) < 4.78 is 19.3. The summed E-state index contributed by atoms with van der Waals surface area (Å²) in [7, 11) is 0. The Kier molecular flexibility index (Phi) is 5.97. The van der Waals surface area contributed by atoms with Crippen LogP contribution in [-0.2, 0) is 16.0 Å². The summed E-state index contributed by atoms with van der Waals surface area (Å²) >= 11 is 0. The number of hydrogen-bond donors (Lipinski definition) is 2. The Balaban J connectivity index is 2.26. The smallest absolute Gasteiger partial charge is 0.408 e. The van der Waals surface area contributed by atoms with Crippen LogP contribution in [0.3, 0.4) is 0 Å². The highest BCUT2D eigenvalue weighted by Crippen LogP contribution is 2.27. The predicted molar refractivity (Wildman–Crippen MR) is 96.3 cm³/mol. The quantitative estimate of drug-likeness (QED) is 0.846. The molecule has 5 nitrogen and oxygen atoms in total. The van der Waals surface area contributed by atoms with Crippen LogP contribution in [0.15, 0.2) is 48.5 Å². The number of carbonyl (C=O) groups is 2. The fraction of sp³-hybridized carbons (Fsp3) is 0.300. The Bertz CT molecular complexity index is 798. The average molecular weight is 359 g/mol. The number of aliphatic carboxylic acids is 1. The van der Waals surface area contributed by atoms with Crippen molar-refractivity contribution in [1.82, 2.24) is 5.32 Å². The standard InChI is InChI=1S/C20H22FNO4/c1-20(2,3)26-19(25)22-17(18(23)24)12-13-8-4-5-9-14(13)15-10-6-7-11-16(15)21/h4-11,17H,12H2,1-3H3,(H,22,25)(H,23,24). The number of carbonyl (C=O) groups excluding carboxylic acids is 1. The van der Waals surface area contributed by atoms with Crippen molar-refractivity contribution in [3.63, 3.8) is 0 Å². The molecule has 0 aliphatic heterocycles. The van der Waals surface area contributed by atoms with Gasteiger partial charge in [-0.1, -0.05) is 42.5 Å². The van der Waals surface area contributed by atoms with E-state index in [4.69, 9.17) is 4.74 Å². The first-order chi connectivity index (χ1) is 12.2. The summed E-state index contributed by atoms with van der Waals surface area (Å²) in [6.07, 6.45) is -0.813. The number of carboxylic acid groups (broad SMARTS) is 1. The van der Waals surface area contributed by atoms with E-state index in [2.05, 4.69) is 5.32 Å². The van der Waals surface area contributed by atoms with Gasteiger partial charge in [0.05, 0.1) is 0 Å². The van der Waals surface area contributed by atoms with Crippen molar-refractivity contribution in [1.29, 1.82) is 0 Å². The largest absolute Gasteiger partial charge is 0.480 e. The van der Waals surface area contributed by atoms with Crippen LogP contribution in [0.25, 0.3) is 11.1 Å². The van der Waals surface area contributed by atoms with E-state index in [9.17, 15) is 19.1 Å². The number of amides is 1. The van der Waals surface area contributed by atoms with Gasteiger partial charge < -0.3 is 15.2 Å². The third kappa shape index (κ3) is 5.31. The SMILES string of the molecule is CC(C)(C)OC(=O)NC(Cc1ccccc1-c1ccccc1F)C(=O)O. The zero-order valence-corrected chi connectivity index (χ0v) is 15.0. The molecule has 0 spiro atoms. The van der Waals surface area contributed by atoms with Crippen LogP contribution >= 0.6 is 0 Å². The normalized spacial score (nSPS) is 12.3. The van der Waals surface area contributed by atoms with Crippen molar-refractivity contribution in [3.8, 4) is 11.1 Å². The molecule has 1 unspecified atom stereocenters. The van der Waals surface area contributed by atoms with E-state index in [0.717, 1.165) is 0 Å². The third-order valence-corrected chi connectivity index (χ3v) is 3.59. The average Bonchev–Trinajstić information content (AvgIpc) is 2.53. The van der Waals surface area contributed by atoms with Crippen molar-refractivity contribution in [2.24, 2.45) is 0 Å². The lowest BCUT2D eigenvalue weighted by Gasteiger charge is -2.22. The molecule has 2 aromatic carbocycles. The maximum absolute atomic E-state index is 14.1. The molecular weight excluding hydrogens is 337 g/mol. The zero-order chi connectivity index (χ0) is 19.3. The lowest BCUT2D eigenvalue weighted by molar-refractivity contribution is -0.139. The van der Waals surface area contributed by atoms with Gasteiger partial charge in [-0.05, 0) is 38.0 Å². The first kappa shape index (κ1) is 19.4. The molecule has 2 rings (SSSR count). The molecule has 0 aromatic heterocycles. The maximum Gasteiger partial charge on any atom is 0.408 e. The van der Waals surface area contributed by atoms with Crippen LogP contribution in [0.2, 0.25) is 0 Å². The van der Waals surface area contributed by atoms with Crippen molar-refractivity contribution in [2.45, 2.75) is 38.8 Å². The molecule has 0 saturated carbocycles. The monoisotopic (exact) mass is 359 g/mol. The Morgan fingerprint density at radius 1 is 1.08 bits per heavy atom. The van der Waals surface area contributed by atoms with Crippen molar-refractivity contribution in [2.75, 3.05) is 0 Å². The molecule has 2 N–H and O–H groups in total. The molecular formula is C20H22FNO4. The summed E-state index contributed by atoms with van der Waals surface area (Å²) in [5.41, 5.74) is 0.839. The van der Waals surface area contributed by atoms with Gasteiger partial charge in [-0.15, -0.1) is 0 Å². The van der Waals surface area contributed by atoms with Crippen molar-refractivity contribution in [3.05, 3.63) is 59.9 Å². The molecule has 26 heavy (non-hydrogen) atoms. The number of nitrogens with one attached hydrogen (secondary N) is 1. The molecule has 0 radical (unpaired) electrons. The van der Waals surface area contributed by atoms with E-state index in [1.807, 2.05) is 0 Å². The van der Waals surface area contributed by atoms with E-state index in [1.165, 1.54) is 6.07 Å².